The summed E-state index contributed by atoms with van der Waals surface area (Å²) in [7, 11) is 1.99. The minimum Gasteiger partial charge on any atom is -0.310 e. The lowest BCUT2D eigenvalue weighted by atomic mass is 9.97. The number of rotatable bonds is 3. The maximum atomic E-state index is 4.26. The molecule has 1 aromatic rings. The van der Waals surface area contributed by atoms with Crippen LogP contribution in [0.3, 0.4) is 0 Å². The minimum atomic E-state index is 0.436. The van der Waals surface area contributed by atoms with Crippen molar-refractivity contribution in [2.45, 2.75) is 44.1 Å². The minimum absolute atomic E-state index is 0.436. The first kappa shape index (κ1) is 13.1. The van der Waals surface area contributed by atoms with Crippen molar-refractivity contribution in [3.8, 4) is 0 Å². The van der Waals surface area contributed by atoms with E-state index in [-0.39, 0.29) is 0 Å². The first-order valence-electron chi connectivity index (χ1n) is 7.71. The smallest absolute Gasteiger partial charge is 0.0522 e. The summed E-state index contributed by atoms with van der Waals surface area (Å²) < 4.78 is 1.90. The van der Waals surface area contributed by atoms with Gasteiger partial charge in [0, 0.05) is 31.9 Å². The molecule has 19 heavy (non-hydrogen) atoms. The topological polar surface area (TPSA) is 33.1 Å². The summed E-state index contributed by atoms with van der Waals surface area (Å²) in [4.78, 5) is 2.66. The van der Waals surface area contributed by atoms with Crippen LogP contribution >= 0.6 is 0 Å². The van der Waals surface area contributed by atoms with E-state index in [1.165, 1.54) is 63.8 Å². The molecule has 2 heterocycles. The van der Waals surface area contributed by atoms with E-state index in [4.69, 9.17) is 0 Å². The number of nitrogens with zero attached hydrogens (tertiary/aromatic N) is 3. The normalized spacial score (nSPS) is 23.8. The zero-order chi connectivity index (χ0) is 13.1. The third-order valence-corrected chi connectivity index (χ3v) is 4.71. The van der Waals surface area contributed by atoms with E-state index in [0.29, 0.717) is 5.54 Å². The van der Waals surface area contributed by atoms with Crippen LogP contribution in [0.5, 0.6) is 0 Å². The van der Waals surface area contributed by atoms with Crippen LogP contribution in [0.15, 0.2) is 12.4 Å². The molecule has 1 saturated carbocycles. The molecule has 4 heteroatoms. The first-order valence-corrected chi connectivity index (χ1v) is 7.71. The second-order valence-electron chi connectivity index (χ2n) is 6.32. The van der Waals surface area contributed by atoms with E-state index in [9.17, 15) is 0 Å². The summed E-state index contributed by atoms with van der Waals surface area (Å²) in [6, 6.07) is 0. The van der Waals surface area contributed by atoms with Crippen LogP contribution in [0.4, 0.5) is 0 Å². The summed E-state index contributed by atoms with van der Waals surface area (Å²) in [6.07, 6.45) is 12.1. The number of hydrogen-bond donors (Lipinski definition) is 1. The van der Waals surface area contributed by atoms with Gasteiger partial charge in [-0.3, -0.25) is 4.68 Å². The van der Waals surface area contributed by atoms with Crippen molar-refractivity contribution >= 4 is 0 Å². The Morgan fingerprint density at radius 2 is 2.16 bits per heavy atom. The van der Waals surface area contributed by atoms with E-state index in [1.807, 2.05) is 17.9 Å². The zero-order valence-corrected chi connectivity index (χ0v) is 12.1. The summed E-state index contributed by atoms with van der Waals surface area (Å²) in [5.74, 6) is 0. The van der Waals surface area contributed by atoms with E-state index in [0.717, 1.165) is 6.42 Å². The molecule has 1 spiro atoms. The van der Waals surface area contributed by atoms with Crippen molar-refractivity contribution in [2.24, 2.45) is 7.05 Å². The van der Waals surface area contributed by atoms with Gasteiger partial charge in [-0.2, -0.15) is 5.10 Å². The second kappa shape index (κ2) is 5.63. The highest BCUT2D eigenvalue weighted by Gasteiger charge is 2.36. The standard InChI is InChI=1S/C15H26N4/c1-18-12-14(11-17-18)5-10-19-9-4-8-16-15(13-19)6-2-3-7-15/h11-12,16H,2-10,13H2,1H3. The molecule has 0 bridgehead atoms. The van der Waals surface area contributed by atoms with Crippen LogP contribution in [0, 0.1) is 0 Å². The molecule has 0 amide bonds. The summed E-state index contributed by atoms with van der Waals surface area (Å²) >= 11 is 0. The lowest BCUT2D eigenvalue weighted by Crippen LogP contribution is -2.49. The van der Waals surface area contributed by atoms with Crippen molar-refractivity contribution in [1.82, 2.24) is 20.0 Å². The Balaban J connectivity index is 1.57. The monoisotopic (exact) mass is 262 g/mol. The van der Waals surface area contributed by atoms with Gasteiger partial charge in [0.25, 0.3) is 0 Å². The molecule has 3 rings (SSSR count). The fourth-order valence-electron chi connectivity index (χ4n) is 3.68. The lowest BCUT2D eigenvalue weighted by molar-refractivity contribution is 0.212. The van der Waals surface area contributed by atoms with E-state index >= 15 is 0 Å². The maximum absolute atomic E-state index is 4.26. The van der Waals surface area contributed by atoms with Gasteiger partial charge in [-0.25, -0.2) is 0 Å². The number of aromatic nitrogens is 2. The van der Waals surface area contributed by atoms with Crippen LogP contribution in [0.2, 0.25) is 0 Å². The molecule has 2 aliphatic rings. The van der Waals surface area contributed by atoms with Crippen molar-refractivity contribution in [2.75, 3.05) is 26.2 Å². The Morgan fingerprint density at radius 1 is 1.32 bits per heavy atom. The van der Waals surface area contributed by atoms with Crippen LogP contribution in [0.1, 0.15) is 37.7 Å². The third-order valence-electron chi connectivity index (χ3n) is 4.71. The molecule has 2 fully saturated rings. The average molecular weight is 262 g/mol. The molecule has 0 unspecified atom stereocenters. The quantitative estimate of drug-likeness (QED) is 0.897. The summed E-state index contributed by atoms with van der Waals surface area (Å²) in [5.41, 5.74) is 1.80. The van der Waals surface area contributed by atoms with Gasteiger partial charge in [-0.15, -0.1) is 0 Å². The predicted molar refractivity (Wildman–Crippen MR) is 77.2 cm³/mol. The number of hydrogen-bond acceptors (Lipinski definition) is 3. The molecule has 0 radical (unpaired) electrons. The number of aryl methyl sites for hydroxylation is 1. The summed E-state index contributed by atoms with van der Waals surface area (Å²) in [5, 5.41) is 8.09. The van der Waals surface area contributed by atoms with Crippen LogP contribution < -0.4 is 5.32 Å². The van der Waals surface area contributed by atoms with E-state index < -0.39 is 0 Å². The van der Waals surface area contributed by atoms with Crippen molar-refractivity contribution in [3.05, 3.63) is 18.0 Å². The molecule has 0 atom stereocenters. The van der Waals surface area contributed by atoms with E-state index in [1.54, 1.807) is 0 Å². The van der Waals surface area contributed by atoms with Gasteiger partial charge >= 0.3 is 0 Å². The van der Waals surface area contributed by atoms with Gasteiger partial charge in [0.05, 0.1) is 6.20 Å². The van der Waals surface area contributed by atoms with Gasteiger partial charge in [-0.1, -0.05) is 12.8 Å². The largest absolute Gasteiger partial charge is 0.310 e. The Hall–Kier alpha value is -0.870. The average Bonchev–Trinajstić information content (AvgIpc) is 2.95. The molecular weight excluding hydrogens is 236 g/mol. The highest BCUT2D eigenvalue weighted by atomic mass is 15.2. The van der Waals surface area contributed by atoms with Crippen molar-refractivity contribution in [1.29, 1.82) is 0 Å². The molecule has 1 saturated heterocycles. The van der Waals surface area contributed by atoms with Crippen molar-refractivity contribution in [3.63, 3.8) is 0 Å². The lowest BCUT2D eigenvalue weighted by Gasteiger charge is -2.33. The van der Waals surface area contributed by atoms with Gasteiger partial charge in [0.2, 0.25) is 0 Å². The molecule has 1 aliphatic heterocycles. The highest BCUT2D eigenvalue weighted by Crippen LogP contribution is 2.31. The Labute approximate surface area is 116 Å². The van der Waals surface area contributed by atoms with Gasteiger partial charge < -0.3 is 10.2 Å². The maximum Gasteiger partial charge on any atom is 0.0522 e. The Kier molecular flexibility index (Phi) is 3.89. The third kappa shape index (κ3) is 3.18. The highest BCUT2D eigenvalue weighted by molar-refractivity contribution is 5.04. The molecule has 4 nitrogen and oxygen atoms in total. The first-order chi connectivity index (χ1) is 9.26. The molecule has 106 valence electrons. The molecule has 1 aromatic heterocycles. The molecule has 1 N–H and O–H groups in total. The van der Waals surface area contributed by atoms with Crippen molar-refractivity contribution < 1.29 is 0 Å². The summed E-state index contributed by atoms with van der Waals surface area (Å²) in [6.45, 7) is 4.86. The Morgan fingerprint density at radius 3 is 2.89 bits per heavy atom. The van der Waals surface area contributed by atoms with Crippen LogP contribution in [0.25, 0.3) is 0 Å². The van der Waals surface area contributed by atoms with Gasteiger partial charge in [0.15, 0.2) is 0 Å². The van der Waals surface area contributed by atoms with Gasteiger partial charge in [-0.05, 0) is 44.3 Å². The van der Waals surface area contributed by atoms with E-state index in [2.05, 4.69) is 21.5 Å². The van der Waals surface area contributed by atoms with Crippen LogP contribution in [-0.2, 0) is 13.5 Å². The predicted octanol–water partition coefficient (Wildman–Crippen LogP) is 1.57. The Bertz CT molecular complexity index is 406. The van der Waals surface area contributed by atoms with Gasteiger partial charge in [0.1, 0.15) is 0 Å². The fourth-order valence-corrected chi connectivity index (χ4v) is 3.68. The molecule has 0 aromatic carbocycles. The SMILES string of the molecule is Cn1cc(CCN2CCCNC3(CCCC3)C2)cn1. The molecule has 1 aliphatic carbocycles. The molecular formula is C15H26N4. The number of nitrogens with one attached hydrogen (secondary N) is 1. The zero-order valence-electron chi connectivity index (χ0n) is 12.1. The second-order valence-corrected chi connectivity index (χ2v) is 6.32. The fraction of sp³-hybridized carbons (Fsp3) is 0.800. The van der Waals surface area contributed by atoms with Crippen LogP contribution in [-0.4, -0.2) is 46.4 Å².